The first-order valence-electron chi connectivity index (χ1n) is 8.07. The van der Waals surface area contributed by atoms with Crippen molar-refractivity contribution in [1.82, 2.24) is 24.8 Å². The molecular formula is C19H15N5O2. The van der Waals surface area contributed by atoms with Gasteiger partial charge in [-0.1, -0.05) is 24.3 Å². The maximum absolute atomic E-state index is 12.6. The number of nitrogens with zero attached hydrogens (tertiary/aromatic N) is 4. The first-order chi connectivity index (χ1) is 12.6. The third-order valence-electron chi connectivity index (χ3n) is 4.06. The summed E-state index contributed by atoms with van der Waals surface area (Å²) in [6.07, 6.45) is 1.46. The Kier molecular flexibility index (Phi) is 3.89. The van der Waals surface area contributed by atoms with Gasteiger partial charge < -0.3 is 9.88 Å². The van der Waals surface area contributed by atoms with Crippen LogP contribution in [0.2, 0.25) is 0 Å². The largest absolute Gasteiger partial charge is 0.333 e. The Labute approximate surface area is 148 Å². The lowest BCUT2D eigenvalue weighted by Gasteiger charge is -2.16. The SMILES string of the molecule is CN(Cc1nc2ccccc2c(=O)[nH]1)C(=O)c1cnc2ccccc2n1. The maximum atomic E-state index is 12.6. The molecule has 4 rings (SSSR count). The van der Waals surface area contributed by atoms with E-state index in [4.69, 9.17) is 0 Å². The van der Waals surface area contributed by atoms with E-state index in [0.29, 0.717) is 22.2 Å². The number of fused-ring (bicyclic) bond motifs is 2. The second-order valence-electron chi connectivity index (χ2n) is 5.93. The van der Waals surface area contributed by atoms with Gasteiger partial charge in [0.2, 0.25) is 0 Å². The van der Waals surface area contributed by atoms with Crippen molar-refractivity contribution in [3.05, 3.63) is 76.6 Å². The molecule has 0 atom stereocenters. The zero-order valence-electron chi connectivity index (χ0n) is 14.0. The fraction of sp³-hybridized carbons (Fsp3) is 0.105. The van der Waals surface area contributed by atoms with Gasteiger partial charge in [-0.3, -0.25) is 14.6 Å². The van der Waals surface area contributed by atoms with Gasteiger partial charge in [-0.2, -0.15) is 0 Å². The fourth-order valence-corrected chi connectivity index (χ4v) is 2.76. The van der Waals surface area contributed by atoms with Crippen molar-refractivity contribution in [1.29, 1.82) is 0 Å². The number of nitrogens with one attached hydrogen (secondary N) is 1. The quantitative estimate of drug-likeness (QED) is 0.614. The predicted molar refractivity (Wildman–Crippen MR) is 97.7 cm³/mol. The van der Waals surface area contributed by atoms with Gasteiger partial charge in [-0.05, 0) is 24.3 Å². The highest BCUT2D eigenvalue weighted by molar-refractivity contribution is 5.93. The average Bonchev–Trinajstić information content (AvgIpc) is 2.67. The molecule has 7 nitrogen and oxygen atoms in total. The Morgan fingerprint density at radius 2 is 1.69 bits per heavy atom. The normalized spacial score (nSPS) is 11.0. The van der Waals surface area contributed by atoms with Crippen molar-refractivity contribution in [2.45, 2.75) is 6.54 Å². The first kappa shape index (κ1) is 15.9. The van der Waals surface area contributed by atoms with E-state index in [0.717, 1.165) is 5.52 Å². The molecule has 7 heteroatoms. The highest BCUT2D eigenvalue weighted by Crippen LogP contribution is 2.11. The lowest BCUT2D eigenvalue weighted by molar-refractivity contribution is 0.0775. The Bertz CT molecular complexity index is 1190. The molecule has 0 unspecified atom stereocenters. The summed E-state index contributed by atoms with van der Waals surface area (Å²) < 4.78 is 0. The summed E-state index contributed by atoms with van der Waals surface area (Å²) in [6, 6.07) is 14.4. The molecule has 26 heavy (non-hydrogen) atoms. The van der Waals surface area contributed by atoms with Gasteiger partial charge in [0.15, 0.2) is 0 Å². The molecule has 0 bridgehead atoms. The van der Waals surface area contributed by atoms with Crippen LogP contribution in [0.3, 0.4) is 0 Å². The molecule has 2 aromatic heterocycles. The maximum Gasteiger partial charge on any atom is 0.274 e. The van der Waals surface area contributed by atoms with Gasteiger partial charge in [0, 0.05) is 7.05 Å². The first-order valence-corrected chi connectivity index (χ1v) is 8.07. The third kappa shape index (κ3) is 2.90. The van der Waals surface area contributed by atoms with Gasteiger partial charge >= 0.3 is 0 Å². The monoisotopic (exact) mass is 345 g/mol. The van der Waals surface area contributed by atoms with Crippen molar-refractivity contribution >= 4 is 27.8 Å². The van der Waals surface area contributed by atoms with Crippen LogP contribution < -0.4 is 5.56 Å². The van der Waals surface area contributed by atoms with Gasteiger partial charge in [-0.15, -0.1) is 0 Å². The molecule has 0 spiro atoms. The van der Waals surface area contributed by atoms with Crippen LogP contribution >= 0.6 is 0 Å². The molecule has 1 N–H and O–H groups in total. The third-order valence-corrected chi connectivity index (χ3v) is 4.06. The van der Waals surface area contributed by atoms with Crippen LogP contribution in [-0.4, -0.2) is 37.8 Å². The van der Waals surface area contributed by atoms with Gasteiger partial charge in [0.05, 0.1) is 34.7 Å². The number of benzene rings is 2. The Morgan fingerprint density at radius 3 is 2.50 bits per heavy atom. The van der Waals surface area contributed by atoms with Gasteiger partial charge in [0.1, 0.15) is 11.5 Å². The van der Waals surface area contributed by atoms with Crippen molar-refractivity contribution < 1.29 is 4.79 Å². The molecule has 0 fully saturated rings. The Morgan fingerprint density at radius 1 is 1.00 bits per heavy atom. The predicted octanol–water partition coefficient (Wildman–Crippen LogP) is 2.14. The molecule has 4 aromatic rings. The Hall–Kier alpha value is -3.61. The van der Waals surface area contributed by atoms with E-state index in [-0.39, 0.29) is 23.7 Å². The molecule has 0 radical (unpaired) electrons. The lowest BCUT2D eigenvalue weighted by Crippen LogP contribution is -2.29. The standard InChI is InChI=1S/C19H15N5O2/c1-24(11-17-22-13-7-3-2-6-12(13)18(25)23-17)19(26)16-10-20-14-8-4-5-9-15(14)21-16/h2-10H,11H2,1H3,(H,22,23,25). The summed E-state index contributed by atoms with van der Waals surface area (Å²) in [5.74, 6) is 0.123. The van der Waals surface area contributed by atoms with E-state index >= 15 is 0 Å². The number of amides is 1. The number of rotatable bonds is 3. The topological polar surface area (TPSA) is 91.8 Å². The van der Waals surface area contributed by atoms with Crippen LogP contribution in [0.5, 0.6) is 0 Å². The average molecular weight is 345 g/mol. The van der Waals surface area contributed by atoms with Crippen molar-refractivity contribution in [3.63, 3.8) is 0 Å². The van der Waals surface area contributed by atoms with E-state index < -0.39 is 0 Å². The molecule has 1 amide bonds. The number of carbonyl (C=O) groups is 1. The van der Waals surface area contributed by atoms with E-state index in [1.807, 2.05) is 30.3 Å². The van der Waals surface area contributed by atoms with Crippen molar-refractivity contribution in [2.24, 2.45) is 0 Å². The molecule has 0 saturated heterocycles. The summed E-state index contributed by atoms with van der Waals surface area (Å²) in [4.78, 5) is 42.0. The number of carbonyl (C=O) groups excluding carboxylic acids is 1. The highest BCUT2D eigenvalue weighted by atomic mass is 16.2. The summed E-state index contributed by atoms with van der Waals surface area (Å²) >= 11 is 0. The minimum absolute atomic E-state index is 0.160. The minimum atomic E-state index is -0.293. The number of hydrogen-bond donors (Lipinski definition) is 1. The van der Waals surface area contributed by atoms with E-state index in [2.05, 4.69) is 19.9 Å². The summed E-state index contributed by atoms with van der Waals surface area (Å²) in [6.45, 7) is 0.160. The van der Waals surface area contributed by atoms with Crippen molar-refractivity contribution in [2.75, 3.05) is 7.05 Å². The molecule has 128 valence electrons. The highest BCUT2D eigenvalue weighted by Gasteiger charge is 2.16. The van der Waals surface area contributed by atoms with Gasteiger partial charge in [0.25, 0.3) is 11.5 Å². The van der Waals surface area contributed by atoms with Gasteiger partial charge in [-0.25, -0.2) is 9.97 Å². The van der Waals surface area contributed by atoms with Crippen LogP contribution in [0.1, 0.15) is 16.3 Å². The summed E-state index contributed by atoms with van der Waals surface area (Å²) in [5.41, 5.74) is 2.00. The summed E-state index contributed by atoms with van der Waals surface area (Å²) in [7, 11) is 1.63. The number of hydrogen-bond acceptors (Lipinski definition) is 5. The van der Waals surface area contributed by atoms with Crippen molar-refractivity contribution in [3.8, 4) is 0 Å². The molecule has 0 saturated carbocycles. The lowest BCUT2D eigenvalue weighted by atomic mass is 10.2. The minimum Gasteiger partial charge on any atom is -0.333 e. The molecule has 0 aliphatic heterocycles. The molecule has 2 heterocycles. The number of H-pyrrole nitrogens is 1. The second kappa shape index (κ2) is 6.36. The molecule has 0 aliphatic carbocycles. The fourth-order valence-electron chi connectivity index (χ4n) is 2.76. The van der Waals surface area contributed by atoms with Crippen LogP contribution in [0.25, 0.3) is 21.9 Å². The number of aromatic amines is 1. The van der Waals surface area contributed by atoms with Crippen LogP contribution in [0, 0.1) is 0 Å². The Balaban J connectivity index is 1.61. The number of para-hydroxylation sites is 3. The van der Waals surface area contributed by atoms with E-state index in [1.54, 1.807) is 25.2 Å². The molecular weight excluding hydrogens is 330 g/mol. The smallest absolute Gasteiger partial charge is 0.274 e. The van der Waals surface area contributed by atoms with E-state index in [1.165, 1.54) is 11.1 Å². The van der Waals surface area contributed by atoms with E-state index in [9.17, 15) is 9.59 Å². The zero-order valence-corrected chi connectivity index (χ0v) is 14.0. The molecule has 0 aliphatic rings. The number of aromatic nitrogens is 4. The van der Waals surface area contributed by atoms with Crippen LogP contribution in [0.4, 0.5) is 0 Å². The summed E-state index contributed by atoms with van der Waals surface area (Å²) in [5, 5.41) is 0.519. The zero-order chi connectivity index (χ0) is 18.1. The van der Waals surface area contributed by atoms with Crippen LogP contribution in [-0.2, 0) is 6.54 Å². The van der Waals surface area contributed by atoms with Crippen LogP contribution in [0.15, 0.2) is 59.5 Å². The second-order valence-corrected chi connectivity index (χ2v) is 5.93. The molecule has 2 aromatic carbocycles.